The molecule has 5 rings (SSSR count). The molecule has 2 saturated heterocycles. The molecule has 0 saturated carbocycles. The SMILES string of the molecule is C[C@@H](CSSC(C)(C)C)C(=O)NCCCC[C@H](C)C(=O)O[C@H]1[C@@H](O)[C@H](n2cnc3c(N)ncnc32)O[C@@H]1COP(=O)(O)O[C@H]1C[C@H](n2ccc(N)nc2=O)O[C@@H]1COP(=O)(O)O. The number of aromatic nitrogens is 6. The van der Waals surface area contributed by atoms with Crippen molar-refractivity contribution in [3.8, 4) is 0 Å². The average Bonchev–Trinajstić information content (AvgIpc) is 3.87. The highest BCUT2D eigenvalue weighted by Crippen LogP contribution is 2.50. The van der Waals surface area contributed by atoms with Gasteiger partial charge in [0.1, 0.15) is 48.3 Å². The lowest BCUT2D eigenvalue weighted by Gasteiger charge is -2.24. The summed E-state index contributed by atoms with van der Waals surface area (Å²) in [7, 11) is -6.83. The van der Waals surface area contributed by atoms with Crippen LogP contribution in [0.5, 0.6) is 0 Å². The second-order valence-corrected chi connectivity index (χ2v) is 21.5. The molecule has 3 aromatic heterocycles. The van der Waals surface area contributed by atoms with E-state index in [2.05, 4.69) is 50.5 Å². The summed E-state index contributed by atoms with van der Waals surface area (Å²) < 4.78 is 60.2. The number of rotatable bonds is 21. The summed E-state index contributed by atoms with van der Waals surface area (Å²) in [5, 5.41) is 14.5. The fourth-order valence-corrected chi connectivity index (χ4v) is 10.3. The summed E-state index contributed by atoms with van der Waals surface area (Å²) in [6.45, 7) is 8.61. The van der Waals surface area contributed by atoms with Gasteiger partial charge in [-0.25, -0.2) is 28.9 Å². The Labute approximate surface area is 363 Å². The van der Waals surface area contributed by atoms with E-state index in [1.54, 1.807) is 28.5 Å². The molecular formula is C34H53N9O15P2S2. The van der Waals surface area contributed by atoms with Gasteiger partial charge in [-0.2, -0.15) is 4.98 Å². The number of phosphoric acid groups is 2. The number of hydrogen-bond donors (Lipinski definition) is 7. The molecule has 10 atom stereocenters. The van der Waals surface area contributed by atoms with Crippen LogP contribution in [0.3, 0.4) is 0 Å². The number of carbonyl (C=O) groups is 2. The zero-order valence-electron chi connectivity index (χ0n) is 34.5. The maximum Gasteiger partial charge on any atom is 0.472 e. The maximum atomic E-state index is 13.5. The van der Waals surface area contributed by atoms with Gasteiger partial charge in [-0.05, 0) is 18.9 Å². The number of nitrogens with zero attached hydrogens (tertiary/aromatic N) is 6. The molecule has 9 N–H and O–H groups in total. The Morgan fingerprint density at radius 1 is 1.03 bits per heavy atom. The van der Waals surface area contributed by atoms with Gasteiger partial charge in [0, 0.05) is 35.6 Å². The second-order valence-electron chi connectivity index (χ2n) is 15.7. The van der Waals surface area contributed by atoms with Crippen LogP contribution in [0.2, 0.25) is 0 Å². The molecule has 0 aliphatic carbocycles. The van der Waals surface area contributed by atoms with Gasteiger partial charge in [-0.15, -0.1) is 0 Å². The molecule has 24 nitrogen and oxygen atoms in total. The van der Waals surface area contributed by atoms with Crippen LogP contribution in [0, 0.1) is 11.8 Å². The van der Waals surface area contributed by atoms with Crippen LogP contribution in [-0.4, -0.2) is 122 Å². The number of nitrogen functional groups attached to an aromatic ring is 2. The highest BCUT2D eigenvalue weighted by molar-refractivity contribution is 8.77. The Balaban J connectivity index is 1.23. The van der Waals surface area contributed by atoms with E-state index in [-0.39, 0.29) is 45.8 Å². The number of unbranched alkanes of at least 4 members (excludes halogenated alkanes) is 1. The summed E-state index contributed by atoms with van der Waals surface area (Å²) in [4.78, 5) is 83.9. The lowest BCUT2D eigenvalue weighted by atomic mass is 10.0. The first-order valence-electron chi connectivity index (χ1n) is 19.4. The number of fused-ring (bicyclic) bond motifs is 1. The molecule has 2 fully saturated rings. The highest BCUT2D eigenvalue weighted by atomic mass is 33.1. The maximum absolute atomic E-state index is 13.5. The van der Waals surface area contributed by atoms with E-state index in [1.807, 2.05) is 6.92 Å². The van der Waals surface area contributed by atoms with Crippen LogP contribution in [0.1, 0.15) is 72.8 Å². The molecule has 3 aromatic rings. The summed E-state index contributed by atoms with van der Waals surface area (Å²) in [6, 6.07) is 1.29. The third kappa shape index (κ3) is 13.9. The monoisotopic (exact) mass is 953 g/mol. The number of phosphoric ester groups is 2. The van der Waals surface area contributed by atoms with E-state index in [9.17, 15) is 43.3 Å². The summed E-state index contributed by atoms with van der Waals surface area (Å²) >= 11 is 0. The number of esters is 1. The summed E-state index contributed by atoms with van der Waals surface area (Å²) in [6.07, 6.45) is -4.95. The largest absolute Gasteiger partial charge is 0.472 e. The van der Waals surface area contributed by atoms with Gasteiger partial charge in [-0.3, -0.25) is 32.3 Å². The van der Waals surface area contributed by atoms with Crippen LogP contribution in [0.15, 0.2) is 29.7 Å². The van der Waals surface area contributed by atoms with Crippen molar-refractivity contribution in [1.82, 2.24) is 34.4 Å². The standard InChI is InChI=1S/C34H53N9O15P2S2/c1-18(8-6-7-10-37-30(45)19(2)15-61-62-34(3,4)5)32(46)57-27-22(56-31(26(27)44)43-17-40-25-28(36)38-16-39-29(25)43)14-54-60(51,52)58-20-12-24(42-11-9-23(35)41-33(42)47)55-21(20)13-53-59(48,49)50/h9,11,16-22,24,26-27,31,44H,6-8,10,12-15H2,1-5H3,(H,37,45)(H,51,52)(H2,35,41,47)(H2,36,38,39)(H2,48,49,50)/t18-,19-,20-,21+,22+,24+,26+,27+,31+/m0/s1. The number of amides is 1. The van der Waals surface area contributed by atoms with Gasteiger partial charge < -0.3 is 50.8 Å². The fraction of sp³-hybridized carbons (Fsp3) is 0.676. The molecule has 346 valence electrons. The molecular weight excluding hydrogens is 901 g/mol. The third-order valence-electron chi connectivity index (χ3n) is 9.48. The first-order valence-corrected chi connectivity index (χ1v) is 24.8. The van der Waals surface area contributed by atoms with Gasteiger partial charge in [0.2, 0.25) is 5.91 Å². The van der Waals surface area contributed by atoms with E-state index in [1.165, 1.54) is 29.5 Å². The second kappa shape index (κ2) is 21.2. The van der Waals surface area contributed by atoms with E-state index in [0.29, 0.717) is 31.6 Å². The molecule has 28 heteroatoms. The number of aliphatic hydroxyl groups is 1. The molecule has 0 bridgehead atoms. The molecule has 5 heterocycles. The number of nitrogens with two attached hydrogens (primary N) is 2. The number of imidazole rings is 1. The molecule has 1 unspecified atom stereocenters. The van der Waals surface area contributed by atoms with Gasteiger partial charge in [0.15, 0.2) is 23.8 Å². The van der Waals surface area contributed by atoms with Crippen molar-refractivity contribution in [3.05, 3.63) is 35.4 Å². The number of aliphatic hydroxyl groups excluding tert-OH is 1. The quantitative estimate of drug-likeness (QED) is 0.0348. The third-order valence-corrected chi connectivity index (χ3v) is 14.5. The summed E-state index contributed by atoms with van der Waals surface area (Å²) in [5.41, 5.74) is 11.0. The van der Waals surface area contributed by atoms with Gasteiger partial charge in [0.25, 0.3) is 0 Å². The number of carbonyl (C=O) groups excluding carboxylic acids is 2. The lowest BCUT2D eigenvalue weighted by Crippen LogP contribution is -2.39. The zero-order valence-corrected chi connectivity index (χ0v) is 37.9. The predicted molar refractivity (Wildman–Crippen MR) is 225 cm³/mol. The minimum atomic E-state index is -5.15. The minimum Gasteiger partial charge on any atom is -0.456 e. The average molecular weight is 954 g/mol. The van der Waals surface area contributed by atoms with Crippen LogP contribution >= 0.6 is 37.2 Å². The Morgan fingerprint density at radius 2 is 1.76 bits per heavy atom. The topological polar surface area (TPSA) is 347 Å². The van der Waals surface area contributed by atoms with E-state index in [0.717, 1.165) is 4.57 Å². The van der Waals surface area contributed by atoms with Crippen molar-refractivity contribution in [2.45, 2.75) is 108 Å². The highest BCUT2D eigenvalue weighted by Gasteiger charge is 2.50. The van der Waals surface area contributed by atoms with Crippen molar-refractivity contribution in [3.63, 3.8) is 0 Å². The molecule has 1 amide bonds. The smallest absolute Gasteiger partial charge is 0.456 e. The molecule has 2 aliphatic heterocycles. The van der Waals surface area contributed by atoms with Crippen LogP contribution in [0.4, 0.5) is 11.6 Å². The molecule has 0 radical (unpaired) electrons. The number of ether oxygens (including phenoxy) is 3. The van der Waals surface area contributed by atoms with Gasteiger partial charge >= 0.3 is 27.3 Å². The first kappa shape index (κ1) is 49.8. The van der Waals surface area contributed by atoms with E-state index < -0.39 is 89.4 Å². The summed E-state index contributed by atoms with van der Waals surface area (Å²) in [5.74, 6) is -1.01. The number of hydrogen-bond acceptors (Lipinski definition) is 20. The van der Waals surface area contributed by atoms with Gasteiger partial charge in [0.05, 0.1) is 25.5 Å². The number of anilines is 2. The minimum absolute atomic E-state index is 0.0414. The van der Waals surface area contributed by atoms with E-state index in [4.69, 9.17) is 34.7 Å². The zero-order chi connectivity index (χ0) is 45.6. The molecule has 0 aromatic carbocycles. The molecule has 62 heavy (non-hydrogen) atoms. The molecule has 2 aliphatic rings. The Hall–Kier alpha value is -3.23. The van der Waals surface area contributed by atoms with Crippen LogP contribution in [-0.2, 0) is 46.5 Å². The van der Waals surface area contributed by atoms with E-state index >= 15 is 0 Å². The predicted octanol–water partition coefficient (Wildman–Crippen LogP) is 2.06. The first-order chi connectivity index (χ1) is 29.0. The molecule has 0 spiro atoms. The number of nitrogens with one attached hydrogen (secondary N) is 1. The Bertz CT molecular complexity index is 2180. The van der Waals surface area contributed by atoms with Gasteiger partial charge in [-0.1, -0.05) is 62.6 Å². The van der Waals surface area contributed by atoms with Crippen molar-refractivity contribution in [2.24, 2.45) is 11.8 Å². The van der Waals surface area contributed by atoms with Crippen molar-refractivity contribution >= 4 is 71.9 Å². The van der Waals surface area contributed by atoms with Crippen molar-refractivity contribution < 1.29 is 66.3 Å². The lowest BCUT2D eigenvalue weighted by molar-refractivity contribution is -0.161. The van der Waals surface area contributed by atoms with Crippen molar-refractivity contribution in [2.75, 3.05) is 37.0 Å². The van der Waals surface area contributed by atoms with Crippen molar-refractivity contribution in [1.29, 1.82) is 0 Å². The van der Waals surface area contributed by atoms with Crippen LogP contribution in [0.25, 0.3) is 11.2 Å². The normalized spacial score (nSPS) is 25.1. The van der Waals surface area contributed by atoms with Crippen LogP contribution < -0.4 is 22.5 Å². The Morgan fingerprint density at radius 3 is 2.45 bits per heavy atom. The fourth-order valence-electron chi connectivity index (χ4n) is 6.32. The Kier molecular flexibility index (Phi) is 17.0.